The zero-order valence-corrected chi connectivity index (χ0v) is 4.68. The first-order valence-electron chi connectivity index (χ1n) is 2.88. The second-order valence-corrected chi connectivity index (χ2v) is 1.84. The molecule has 0 aromatic heterocycles. The minimum atomic E-state index is 0.505. The summed E-state index contributed by atoms with van der Waals surface area (Å²) in [5, 5.41) is 0. The topological polar surface area (TPSA) is 9.23 Å². The average molecular weight is 99.2 g/mol. The van der Waals surface area contributed by atoms with E-state index in [9.17, 15) is 0 Å². The second kappa shape index (κ2) is 2.31. The molecule has 1 heteroatoms. The van der Waals surface area contributed by atoms with Crippen molar-refractivity contribution in [2.45, 2.75) is 25.9 Å². The Morgan fingerprint density at radius 3 is 2.71 bits per heavy atom. The Labute approximate surface area is 44.7 Å². The summed E-state index contributed by atoms with van der Waals surface area (Å²) < 4.78 is 5.12. The van der Waals surface area contributed by atoms with Gasteiger partial charge in [-0.3, -0.25) is 0 Å². The molecule has 1 rings (SSSR count). The Bertz CT molecular complexity index is 48.1. The van der Waals surface area contributed by atoms with Gasteiger partial charge in [0.05, 0.1) is 6.10 Å². The van der Waals surface area contributed by atoms with Crippen molar-refractivity contribution >= 4 is 0 Å². The van der Waals surface area contributed by atoms with E-state index >= 15 is 0 Å². The highest BCUT2D eigenvalue weighted by atomic mass is 16.5. The zero-order valence-electron chi connectivity index (χ0n) is 4.68. The lowest BCUT2D eigenvalue weighted by molar-refractivity contribution is -0.0301. The highest BCUT2D eigenvalue weighted by molar-refractivity contribution is 4.80. The molecule has 0 aromatic rings. The summed E-state index contributed by atoms with van der Waals surface area (Å²) in [7, 11) is 0. The number of ether oxygens (including phenoxy) is 1. The predicted octanol–water partition coefficient (Wildman–Crippen LogP) is 1.39. The van der Waals surface area contributed by atoms with Crippen LogP contribution in [0.25, 0.3) is 0 Å². The van der Waals surface area contributed by atoms with Gasteiger partial charge in [-0.05, 0) is 12.8 Å². The molecule has 0 aliphatic carbocycles. The van der Waals surface area contributed by atoms with E-state index in [4.69, 9.17) is 4.74 Å². The Kier molecular flexibility index (Phi) is 1.69. The fourth-order valence-corrected chi connectivity index (χ4v) is 0.703. The van der Waals surface area contributed by atoms with E-state index in [2.05, 4.69) is 13.3 Å². The normalized spacial score (nSPS) is 29.6. The quantitative estimate of drug-likeness (QED) is 0.508. The van der Waals surface area contributed by atoms with Gasteiger partial charge in [-0.2, -0.15) is 0 Å². The van der Waals surface area contributed by atoms with Crippen LogP contribution in [0.5, 0.6) is 0 Å². The summed E-state index contributed by atoms with van der Waals surface area (Å²) in [6, 6.07) is 0. The van der Waals surface area contributed by atoms with Crippen molar-refractivity contribution < 1.29 is 4.74 Å². The highest BCUT2D eigenvalue weighted by Crippen LogP contribution is 2.14. The van der Waals surface area contributed by atoms with Gasteiger partial charge >= 0.3 is 0 Å². The van der Waals surface area contributed by atoms with E-state index in [0.717, 1.165) is 13.0 Å². The maximum absolute atomic E-state index is 5.12. The Morgan fingerprint density at radius 2 is 2.57 bits per heavy atom. The lowest BCUT2D eigenvalue weighted by Gasteiger charge is -2.25. The molecule has 1 fully saturated rings. The fourth-order valence-electron chi connectivity index (χ4n) is 0.703. The van der Waals surface area contributed by atoms with E-state index in [-0.39, 0.29) is 0 Å². The molecule has 0 bridgehead atoms. The van der Waals surface area contributed by atoms with Gasteiger partial charge in [-0.15, -0.1) is 0 Å². The molecule has 7 heavy (non-hydrogen) atoms. The van der Waals surface area contributed by atoms with E-state index < -0.39 is 0 Å². The Morgan fingerprint density at radius 1 is 1.86 bits per heavy atom. The van der Waals surface area contributed by atoms with Gasteiger partial charge in [-0.25, -0.2) is 0 Å². The molecule has 1 aliphatic rings. The first kappa shape index (κ1) is 5.10. The van der Waals surface area contributed by atoms with Crippen LogP contribution in [0.2, 0.25) is 0 Å². The van der Waals surface area contributed by atoms with Crippen LogP contribution in [0.3, 0.4) is 0 Å². The molecule has 1 nitrogen and oxygen atoms in total. The van der Waals surface area contributed by atoms with Crippen molar-refractivity contribution in [2.75, 3.05) is 6.61 Å². The molecule has 0 spiro atoms. The van der Waals surface area contributed by atoms with Crippen LogP contribution < -0.4 is 0 Å². The number of hydrogen-bond acceptors (Lipinski definition) is 1. The largest absolute Gasteiger partial charge is 0.378 e. The number of hydrogen-bond donors (Lipinski definition) is 0. The van der Waals surface area contributed by atoms with E-state index in [1.807, 2.05) is 0 Å². The van der Waals surface area contributed by atoms with Crippen LogP contribution in [0.4, 0.5) is 0 Å². The van der Waals surface area contributed by atoms with Gasteiger partial charge in [0.15, 0.2) is 0 Å². The Balaban J connectivity index is 1.93. The second-order valence-electron chi connectivity index (χ2n) is 1.84. The zero-order chi connectivity index (χ0) is 5.11. The van der Waals surface area contributed by atoms with Crippen molar-refractivity contribution in [1.82, 2.24) is 0 Å². The van der Waals surface area contributed by atoms with Gasteiger partial charge in [-0.1, -0.05) is 13.3 Å². The first-order chi connectivity index (χ1) is 3.43. The van der Waals surface area contributed by atoms with Gasteiger partial charge in [0.25, 0.3) is 0 Å². The Hall–Kier alpha value is -0.0400. The van der Waals surface area contributed by atoms with Gasteiger partial charge in [0.1, 0.15) is 0 Å². The summed E-state index contributed by atoms with van der Waals surface area (Å²) in [4.78, 5) is 0. The fraction of sp³-hybridized carbons (Fsp3) is 0.833. The van der Waals surface area contributed by atoms with Crippen LogP contribution in [0.1, 0.15) is 19.8 Å². The minimum absolute atomic E-state index is 0.505. The summed E-state index contributed by atoms with van der Waals surface area (Å²) in [5.41, 5.74) is 0. The van der Waals surface area contributed by atoms with E-state index in [1.54, 1.807) is 0 Å². The maximum Gasteiger partial charge on any atom is 0.0628 e. The predicted molar refractivity (Wildman–Crippen MR) is 28.9 cm³/mol. The third kappa shape index (κ3) is 1.16. The van der Waals surface area contributed by atoms with Crippen LogP contribution in [-0.4, -0.2) is 12.7 Å². The molecule has 1 aliphatic heterocycles. The van der Waals surface area contributed by atoms with Crippen molar-refractivity contribution in [1.29, 1.82) is 0 Å². The molecule has 0 saturated carbocycles. The molecule has 41 valence electrons. The van der Waals surface area contributed by atoms with Gasteiger partial charge in [0.2, 0.25) is 0 Å². The van der Waals surface area contributed by atoms with Crippen molar-refractivity contribution in [2.24, 2.45) is 0 Å². The molecular formula is C6H11O. The molecule has 0 N–H and O–H groups in total. The summed E-state index contributed by atoms with van der Waals surface area (Å²) in [6.07, 6.45) is 5.10. The van der Waals surface area contributed by atoms with Crippen LogP contribution >= 0.6 is 0 Å². The van der Waals surface area contributed by atoms with E-state index in [0.29, 0.717) is 6.10 Å². The highest BCUT2D eigenvalue weighted by Gasteiger charge is 2.15. The van der Waals surface area contributed by atoms with Gasteiger partial charge < -0.3 is 4.74 Å². The van der Waals surface area contributed by atoms with Crippen LogP contribution in [0, 0.1) is 6.42 Å². The lowest BCUT2D eigenvalue weighted by Crippen LogP contribution is -2.26. The molecular weight excluding hydrogens is 88.1 g/mol. The third-order valence-corrected chi connectivity index (χ3v) is 1.23. The molecule has 0 amide bonds. The van der Waals surface area contributed by atoms with Crippen LogP contribution in [0.15, 0.2) is 0 Å². The summed E-state index contributed by atoms with van der Waals surface area (Å²) in [5.74, 6) is 0. The van der Waals surface area contributed by atoms with E-state index in [1.165, 1.54) is 6.42 Å². The molecule has 1 unspecified atom stereocenters. The van der Waals surface area contributed by atoms with Crippen molar-refractivity contribution in [3.63, 3.8) is 0 Å². The van der Waals surface area contributed by atoms with Gasteiger partial charge in [0, 0.05) is 6.61 Å². The molecule has 1 saturated heterocycles. The average Bonchev–Trinajstić information content (AvgIpc) is 1.55. The maximum atomic E-state index is 5.12. The SMILES string of the molecule is CC[CH]C1CCO1. The third-order valence-electron chi connectivity index (χ3n) is 1.23. The summed E-state index contributed by atoms with van der Waals surface area (Å²) in [6.45, 7) is 3.11. The van der Waals surface area contributed by atoms with Crippen LogP contribution in [-0.2, 0) is 4.74 Å². The standard InChI is InChI=1S/C6H11O/c1-2-3-6-4-5-7-6/h3,6H,2,4-5H2,1H3. The smallest absolute Gasteiger partial charge is 0.0628 e. The lowest BCUT2D eigenvalue weighted by atomic mass is 10.1. The molecule has 1 atom stereocenters. The van der Waals surface area contributed by atoms with Crippen molar-refractivity contribution in [3.8, 4) is 0 Å². The first-order valence-corrected chi connectivity index (χ1v) is 2.88. The molecule has 0 aromatic carbocycles. The molecule has 1 heterocycles. The van der Waals surface area contributed by atoms with Crippen molar-refractivity contribution in [3.05, 3.63) is 6.42 Å². The summed E-state index contributed by atoms with van der Waals surface area (Å²) >= 11 is 0. The number of rotatable bonds is 2. The molecule has 1 radical (unpaired) electrons. The minimum Gasteiger partial charge on any atom is -0.378 e. The monoisotopic (exact) mass is 99.1 g/mol.